The molecule has 2 aliphatic heterocycles. The number of aromatic nitrogens is 2. The highest BCUT2D eigenvalue weighted by Crippen LogP contribution is 2.31. The van der Waals surface area contributed by atoms with Crippen molar-refractivity contribution in [3.8, 4) is 11.5 Å². The van der Waals surface area contributed by atoms with Gasteiger partial charge in [-0.3, -0.25) is 4.90 Å². The zero-order valence-electron chi connectivity index (χ0n) is 19.8. The predicted octanol–water partition coefficient (Wildman–Crippen LogP) is 3.50. The summed E-state index contributed by atoms with van der Waals surface area (Å²) in [6.07, 6.45) is 2.86. The number of benzene rings is 2. The van der Waals surface area contributed by atoms with Crippen LogP contribution in [0.1, 0.15) is 32.0 Å². The van der Waals surface area contributed by atoms with Gasteiger partial charge >= 0.3 is 0 Å². The Kier molecular flexibility index (Phi) is 6.50. The number of sulfonamides is 1. The van der Waals surface area contributed by atoms with Crippen LogP contribution in [-0.2, 0) is 23.1 Å². The van der Waals surface area contributed by atoms with E-state index in [2.05, 4.69) is 16.4 Å². The fourth-order valence-electron chi connectivity index (χ4n) is 4.85. The van der Waals surface area contributed by atoms with E-state index in [0.717, 1.165) is 54.2 Å². The Hall–Kier alpha value is -2.62. The lowest BCUT2D eigenvalue weighted by atomic mass is 10.2. The summed E-state index contributed by atoms with van der Waals surface area (Å²) in [5.41, 5.74) is 1.67. The van der Waals surface area contributed by atoms with Crippen molar-refractivity contribution in [3.63, 3.8) is 0 Å². The predicted molar refractivity (Wildman–Crippen MR) is 131 cm³/mol. The number of ether oxygens (including phenoxy) is 2. The first-order valence-corrected chi connectivity index (χ1v) is 13.5. The zero-order valence-corrected chi connectivity index (χ0v) is 20.6. The Balaban J connectivity index is 1.33. The number of imidazole rings is 1. The molecule has 1 atom stereocenters. The van der Waals surface area contributed by atoms with Crippen LogP contribution < -0.4 is 9.47 Å². The van der Waals surface area contributed by atoms with Crippen LogP contribution in [0.3, 0.4) is 0 Å². The Morgan fingerprint density at radius 1 is 1.09 bits per heavy atom. The van der Waals surface area contributed by atoms with Gasteiger partial charge in [0.1, 0.15) is 18.5 Å². The third kappa shape index (κ3) is 4.52. The molecule has 1 aromatic heterocycles. The number of piperidine rings is 1. The highest BCUT2D eigenvalue weighted by atomic mass is 32.2. The van der Waals surface area contributed by atoms with Gasteiger partial charge in [-0.05, 0) is 57.1 Å². The highest BCUT2D eigenvalue weighted by Gasteiger charge is 2.27. The maximum Gasteiger partial charge on any atom is 0.243 e. The summed E-state index contributed by atoms with van der Waals surface area (Å²) < 4.78 is 42.0. The van der Waals surface area contributed by atoms with Crippen LogP contribution in [-0.4, -0.2) is 66.6 Å². The minimum Gasteiger partial charge on any atom is -0.486 e. The molecule has 2 aliphatic rings. The largest absolute Gasteiger partial charge is 0.486 e. The van der Waals surface area contributed by atoms with Crippen LogP contribution in [0.4, 0.5) is 0 Å². The molecule has 1 fully saturated rings. The fourth-order valence-corrected chi connectivity index (χ4v) is 6.39. The van der Waals surface area contributed by atoms with Crippen molar-refractivity contribution in [1.82, 2.24) is 18.8 Å². The summed E-state index contributed by atoms with van der Waals surface area (Å²) >= 11 is 0. The topological polar surface area (TPSA) is 76.9 Å². The Bertz CT molecular complexity index is 1270. The SMILES string of the molecule is CCn1c(CN(C)CC2COc3ccccc3O2)nc2cc(S(=O)(=O)N3CCCCC3)ccc21. The van der Waals surface area contributed by atoms with Crippen LogP contribution in [0.5, 0.6) is 11.5 Å². The van der Waals surface area contributed by atoms with E-state index < -0.39 is 10.0 Å². The van der Waals surface area contributed by atoms with Gasteiger partial charge in [-0.1, -0.05) is 18.6 Å². The molecule has 0 amide bonds. The van der Waals surface area contributed by atoms with E-state index in [1.54, 1.807) is 16.4 Å². The normalized spacial score (nSPS) is 19.1. The van der Waals surface area contributed by atoms with Gasteiger partial charge in [-0.25, -0.2) is 13.4 Å². The smallest absolute Gasteiger partial charge is 0.243 e. The molecule has 3 heterocycles. The van der Waals surface area contributed by atoms with Crippen molar-refractivity contribution < 1.29 is 17.9 Å². The number of nitrogens with zero attached hydrogens (tertiary/aromatic N) is 4. The number of hydrogen-bond donors (Lipinski definition) is 0. The van der Waals surface area contributed by atoms with E-state index in [0.29, 0.717) is 37.7 Å². The second-order valence-corrected chi connectivity index (χ2v) is 11.0. The van der Waals surface area contributed by atoms with E-state index in [1.165, 1.54) is 0 Å². The lowest BCUT2D eigenvalue weighted by Gasteiger charge is -2.29. The van der Waals surface area contributed by atoms with Crippen LogP contribution in [0.2, 0.25) is 0 Å². The van der Waals surface area contributed by atoms with Gasteiger partial charge in [0.25, 0.3) is 0 Å². The molecule has 34 heavy (non-hydrogen) atoms. The van der Waals surface area contributed by atoms with Crippen molar-refractivity contribution in [1.29, 1.82) is 0 Å². The van der Waals surface area contributed by atoms with Crippen LogP contribution in [0, 0.1) is 0 Å². The maximum atomic E-state index is 13.1. The maximum absolute atomic E-state index is 13.1. The van der Waals surface area contributed by atoms with E-state index >= 15 is 0 Å². The van der Waals surface area contributed by atoms with Gasteiger partial charge < -0.3 is 14.0 Å². The Labute approximate surface area is 201 Å². The van der Waals surface area contributed by atoms with Gasteiger partial charge in [0.15, 0.2) is 11.5 Å². The van der Waals surface area contributed by atoms with Crippen molar-refractivity contribution in [2.45, 2.75) is 50.3 Å². The minimum atomic E-state index is -3.49. The second kappa shape index (κ2) is 9.56. The summed E-state index contributed by atoms with van der Waals surface area (Å²) in [6, 6.07) is 13.1. The average molecular weight is 485 g/mol. The molecular formula is C25H32N4O4S. The van der Waals surface area contributed by atoms with E-state index in [1.807, 2.05) is 37.4 Å². The van der Waals surface area contributed by atoms with Crippen LogP contribution >= 0.6 is 0 Å². The molecule has 1 unspecified atom stereocenters. The summed E-state index contributed by atoms with van der Waals surface area (Å²) in [6.45, 7) is 5.85. The fraction of sp³-hybridized carbons (Fsp3) is 0.480. The van der Waals surface area contributed by atoms with Gasteiger partial charge in [0.05, 0.1) is 22.5 Å². The quantitative estimate of drug-likeness (QED) is 0.511. The molecule has 1 saturated heterocycles. The number of rotatable bonds is 7. The lowest BCUT2D eigenvalue weighted by molar-refractivity contribution is 0.0630. The van der Waals surface area contributed by atoms with Gasteiger partial charge in [0.2, 0.25) is 10.0 Å². The second-order valence-electron chi connectivity index (χ2n) is 9.08. The molecular weight excluding hydrogens is 452 g/mol. The molecule has 0 aliphatic carbocycles. The number of para-hydroxylation sites is 2. The van der Waals surface area contributed by atoms with E-state index in [4.69, 9.17) is 14.5 Å². The lowest BCUT2D eigenvalue weighted by Crippen LogP contribution is -2.39. The molecule has 0 radical (unpaired) electrons. The molecule has 2 aromatic carbocycles. The molecule has 3 aromatic rings. The minimum absolute atomic E-state index is 0.0688. The molecule has 5 rings (SSSR count). The standard InChI is InChI=1S/C25H32N4O4S/c1-3-29-22-12-11-20(34(30,31)28-13-7-4-8-14-28)15-21(22)26-25(29)17-27(2)16-19-18-32-23-9-5-6-10-24(23)33-19/h5-6,9-12,15,19H,3-4,7-8,13-14,16-18H2,1-2H3. The molecule has 0 N–H and O–H groups in total. The first-order chi connectivity index (χ1) is 16.5. The third-order valence-corrected chi connectivity index (χ3v) is 8.46. The van der Waals surface area contributed by atoms with Gasteiger partial charge in [-0.15, -0.1) is 0 Å². The molecule has 0 saturated carbocycles. The summed E-state index contributed by atoms with van der Waals surface area (Å²) in [4.78, 5) is 7.33. The first kappa shape index (κ1) is 23.1. The van der Waals surface area contributed by atoms with E-state index in [9.17, 15) is 8.42 Å². The van der Waals surface area contributed by atoms with Gasteiger partial charge in [-0.2, -0.15) is 4.31 Å². The van der Waals surface area contributed by atoms with Crippen molar-refractivity contribution in [2.24, 2.45) is 0 Å². The third-order valence-electron chi connectivity index (χ3n) is 6.56. The summed E-state index contributed by atoms with van der Waals surface area (Å²) in [5, 5.41) is 0. The molecule has 8 nitrogen and oxygen atoms in total. The number of likely N-dealkylation sites (N-methyl/N-ethyl adjacent to an activating group) is 1. The summed E-state index contributed by atoms with van der Waals surface area (Å²) in [7, 11) is -1.45. The number of hydrogen-bond acceptors (Lipinski definition) is 6. The van der Waals surface area contributed by atoms with Crippen molar-refractivity contribution in [3.05, 3.63) is 48.3 Å². The zero-order chi connectivity index (χ0) is 23.7. The summed E-state index contributed by atoms with van der Waals surface area (Å²) in [5.74, 6) is 2.46. The Morgan fingerprint density at radius 2 is 1.85 bits per heavy atom. The van der Waals surface area contributed by atoms with Crippen molar-refractivity contribution in [2.75, 3.05) is 33.3 Å². The Morgan fingerprint density at radius 3 is 2.62 bits per heavy atom. The van der Waals surface area contributed by atoms with E-state index in [-0.39, 0.29) is 6.10 Å². The molecule has 0 spiro atoms. The average Bonchev–Trinajstić information content (AvgIpc) is 3.20. The van der Waals surface area contributed by atoms with Crippen LogP contribution in [0.25, 0.3) is 11.0 Å². The van der Waals surface area contributed by atoms with Crippen molar-refractivity contribution >= 4 is 21.1 Å². The molecule has 0 bridgehead atoms. The van der Waals surface area contributed by atoms with Gasteiger partial charge in [0, 0.05) is 26.2 Å². The monoisotopic (exact) mass is 484 g/mol. The molecule has 182 valence electrons. The highest BCUT2D eigenvalue weighted by molar-refractivity contribution is 7.89. The number of fused-ring (bicyclic) bond motifs is 2. The number of aryl methyl sites for hydroxylation is 1. The van der Waals surface area contributed by atoms with Crippen LogP contribution in [0.15, 0.2) is 47.4 Å². The first-order valence-electron chi connectivity index (χ1n) is 12.0. The molecule has 9 heteroatoms.